The predicted octanol–water partition coefficient (Wildman–Crippen LogP) is 2.46. The Morgan fingerprint density at radius 2 is 2.29 bits per heavy atom. The molecular formula is C10H7Cl2N3O2. The molecule has 0 atom stereocenters. The first-order valence-electron chi connectivity index (χ1n) is 4.62. The van der Waals surface area contributed by atoms with Crippen molar-refractivity contribution in [3.8, 4) is 0 Å². The number of allylic oxidation sites excluding steroid dienone is 1. The molecule has 0 bridgehead atoms. The fourth-order valence-electron chi connectivity index (χ4n) is 1.43. The van der Waals surface area contributed by atoms with Gasteiger partial charge in [0.2, 0.25) is 0 Å². The molecule has 0 aliphatic carbocycles. The van der Waals surface area contributed by atoms with E-state index in [2.05, 4.69) is 16.7 Å². The maximum Gasteiger partial charge on any atom is 0.341 e. The van der Waals surface area contributed by atoms with Crippen LogP contribution in [0.5, 0.6) is 0 Å². The average molecular weight is 272 g/mol. The number of rotatable bonds is 3. The molecule has 0 saturated carbocycles. The van der Waals surface area contributed by atoms with Crippen LogP contribution in [0.2, 0.25) is 10.3 Å². The Hall–Kier alpha value is -1.59. The third kappa shape index (κ3) is 1.87. The maximum absolute atomic E-state index is 10.9. The van der Waals surface area contributed by atoms with Gasteiger partial charge in [0.25, 0.3) is 0 Å². The van der Waals surface area contributed by atoms with Crippen LogP contribution in [0.25, 0.3) is 5.65 Å². The smallest absolute Gasteiger partial charge is 0.341 e. The molecule has 0 aromatic carbocycles. The van der Waals surface area contributed by atoms with Crippen molar-refractivity contribution in [2.75, 3.05) is 0 Å². The molecule has 0 amide bonds. The number of carboxylic acids is 1. The van der Waals surface area contributed by atoms with Gasteiger partial charge < -0.3 is 5.11 Å². The number of aromatic nitrogens is 3. The molecule has 2 rings (SSSR count). The minimum atomic E-state index is -1.13. The van der Waals surface area contributed by atoms with Gasteiger partial charge in [-0.2, -0.15) is 5.10 Å². The van der Waals surface area contributed by atoms with Gasteiger partial charge in [-0.1, -0.05) is 29.3 Å². The molecule has 0 aliphatic rings. The number of aromatic carboxylic acids is 1. The fraction of sp³-hybridized carbons (Fsp3) is 0.100. The Kier molecular flexibility index (Phi) is 3.04. The average Bonchev–Trinajstić information content (AvgIpc) is 2.68. The Bertz CT molecular complexity index is 622. The van der Waals surface area contributed by atoms with E-state index in [4.69, 9.17) is 28.3 Å². The lowest BCUT2D eigenvalue weighted by atomic mass is 10.2. The van der Waals surface area contributed by atoms with Crippen LogP contribution < -0.4 is 0 Å². The minimum Gasteiger partial charge on any atom is -0.477 e. The van der Waals surface area contributed by atoms with E-state index in [0.717, 1.165) is 0 Å². The molecule has 7 heteroatoms. The van der Waals surface area contributed by atoms with Crippen LogP contribution in [0.1, 0.15) is 15.9 Å². The van der Waals surface area contributed by atoms with Gasteiger partial charge in [-0.3, -0.25) is 0 Å². The largest absolute Gasteiger partial charge is 0.477 e. The zero-order valence-electron chi connectivity index (χ0n) is 8.52. The van der Waals surface area contributed by atoms with E-state index in [1.807, 2.05) is 0 Å². The van der Waals surface area contributed by atoms with Gasteiger partial charge in [0.05, 0.1) is 6.20 Å². The summed E-state index contributed by atoms with van der Waals surface area (Å²) in [5.74, 6) is -1.13. The number of hydrogen-bond donors (Lipinski definition) is 1. The topological polar surface area (TPSA) is 67.5 Å². The van der Waals surface area contributed by atoms with Crippen LogP contribution in [0.4, 0.5) is 0 Å². The van der Waals surface area contributed by atoms with Crippen LogP contribution in [0.3, 0.4) is 0 Å². The zero-order valence-corrected chi connectivity index (χ0v) is 10.0. The highest BCUT2D eigenvalue weighted by molar-refractivity contribution is 6.35. The SMILES string of the molecule is C=CCc1c(Cl)nc2c(C(=O)O)cnn2c1Cl. The highest BCUT2D eigenvalue weighted by Gasteiger charge is 2.18. The Labute approximate surface area is 106 Å². The van der Waals surface area contributed by atoms with Crippen molar-refractivity contribution in [3.05, 3.63) is 40.3 Å². The van der Waals surface area contributed by atoms with Crippen LogP contribution in [-0.4, -0.2) is 25.7 Å². The van der Waals surface area contributed by atoms with Crippen molar-refractivity contribution in [3.63, 3.8) is 0 Å². The fourth-order valence-corrected chi connectivity index (χ4v) is 2.02. The summed E-state index contributed by atoms with van der Waals surface area (Å²) in [5.41, 5.74) is 0.648. The number of carbonyl (C=O) groups is 1. The van der Waals surface area contributed by atoms with Crippen LogP contribution >= 0.6 is 23.2 Å². The molecule has 88 valence electrons. The van der Waals surface area contributed by atoms with Crippen LogP contribution in [0, 0.1) is 0 Å². The molecule has 0 unspecified atom stereocenters. The Balaban J connectivity index is 2.78. The van der Waals surface area contributed by atoms with Crippen LogP contribution in [-0.2, 0) is 6.42 Å². The van der Waals surface area contributed by atoms with Crippen molar-refractivity contribution in [2.45, 2.75) is 6.42 Å². The first-order valence-corrected chi connectivity index (χ1v) is 5.37. The number of nitrogens with zero attached hydrogens (tertiary/aromatic N) is 3. The first-order chi connectivity index (χ1) is 8.06. The van der Waals surface area contributed by atoms with Gasteiger partial charge in [-0.05, 0) is 6.42 Å². The van der Waals surface area contributed by atoms with Gasteiger partial charge in [0.15, 0.2) is 5.65 Å². The Morgan fingerprint density at radius 3 is 2.88 bits per heavy atom. The van der Waals surface area contributed by atoms with Gasteiger partial charge in [-0.15, -0.1) is 6.58 Å². The summed E-state index contributed by atoms with van der Waals surface area (Å²) in [6.07, 6.45) is 3.25. The van der Waals surface area contributed by atoms with Crippen LogP contribution in [0.15, 0.2) is 18.9 Å². The van der Waals surface area contributed by atoms with E-state index >= 15 is 0 Å². The Morgan fingerprint density at radius 1 is 1.59 bits per heavy atom. The molecule has 0 spiro atoms. The lowest BCUT2D eigenvalue weighted by Crippen LogP contribution is -2.02. The lowest BCUT2D eigenvalue weighted by molar-refractivity contribution is 0.0699. The molecule has 0 aliphatic heterocycles. The van der Waals surface area contributed by atoms with Gasteiger partial charge >= 0.3 is 5.97 Å². The summed E-state index contributed by atoms with van der Waals surface area (Å²) >= 11 is 12.0. The summed E-state index contributed by atoms with van der Waals surface area (Å²) in [7, 11) is 0. The molecule has 17 heavy (non-hydrogen) atoms. The second-order valence-corrected chi connectivity index (χ2v) is 3.98. The van der Waals surface area contributed by atoms with E-state index in [-0.39, 0.29) is 21.5 Å². The molecule has 2 aromatic heterocycles. The summed E-state index contributed by atoms with van der Waals surface area (Å²) in [6, 6.07) is 0. The number of halogens is 2. The molecule has 2 aromatic rings. The highest BCUT2D eigenvalue weighted by atomic mass is 35.5. The van der Waals surface area contributed by atoms with E-state index in [0.29, 0.717) is 12.0 Å². The zero-order chi connectivity index (χ0) is 12.6. The molecule has 0 radical (unpaired) electrons. The first kappa shape index (κ1) is 11.9. The standard InChI is InChI=1S/C10H7Cl2N3O2/c1-2-3-5-7(11)14-9-6(10(16)17)4-13-15(9)8(5)12/h2,4H,1,3H2,(H,16,17). The van der Waals surface area contributed by atoms with Crippen molar-refractivity contribution in [1.29, 1.82) is 0 Å². The highest BCUT2D eigenvalue weighted by Crippen LogP contribution is 2.26. The lowest BCUT2D eigenvalue weighted by Gasteiger charge is -2.05. The third-order valence-electron chi connectivity index (χ3n) is 2.21. The molecule has 5 nitrogen and oxygen atoms in total. The predicted molar refractivity (Wildman–Crippen MR) is 63.9 cm³/mol. The molecule has 1 N–H and O–H groups in total. The van der Waals surface area contributed by atoms with Gasteiger partial charge in [0, 0.05) is 5.56 Å². The second kappa shape index (κ2) is 4.35. The van der Waals surface area contributed by atoms with Crippen molar-refractivity contribution in [2.24, 2.45) is 0 Å². The van der Waals surface area contributed by atoms with E-state index in [1.165, 1.54) is 10.7 Å². The monoisotopic (exact) mass is 271 g/mol. The summed E-state index contributed by atoms with van der Waals surface area (Å²) in [6.45, 7) is 3.58. The number of hydrogen-bond acceptors (Lipinski definition) is 3. The van der Waals surface area contributed by atoms with E-state index < -0.39 is 5.97 Å². The minimum absolute atomic E-state index is 0.0426. The maximum atomic E-state index is 10.9. The van der Waals surface area contributed by atoms with Gasteiger partial charge in [-0.25, -0.2) is 14.3 Å². The molecule has 2 heterocycles. The van der Waals surface area contributed by atoms with E-state index in [9.17, 15) is 4.79 Å². The molecule has 0 fully saturated rings. The third-order valence-corrected chi connectivity index (χ3v) is 2.91. The van der Waals surface area contributed by atoms with Crippen molar-refractivity contribution >= 4 is 34.8 Å². The number of fused-ring (bicyclic) bond motifs is 1. The van der Waals surface area contributed by atoms with Gasteiger partial charge in [0.1, 0.15) is 15.9 Å². The summed E-state index contributed by atoms with van der Waals surface area (Å²) < 4.78 is 1.25. The molecule has 0 saturated heterocycles. The van der Waals surface area contributed by atoms with E-state index in [1.54, 1.807) is 6.08 Å². The van der Waals surface area contributed by atoms with Crippen molar-refractivity contribution in [1.82, 2.24) is 14.6 Å². The number of carboxylic acid groups (broad SMARTS) is 1. The summed E-state index contributed by atoms with van der Waals surface area (Å²) in [4.78, 5) is 14.9. The normalized spacial score (nSPS) is 10.7. The second-order valence-electron chi connectivity index (χ2n) is 3.26. The summed E-state index contributed by atoms with van der Waals surface area (Å²) in [5, 5.41) is 13.2. The quantitative estimate of drug-likeness (QED) is 0.688. The molecular weight excluding hydrogens is 265 g/mol. The van der Waals surface area contributed by atoms with Crippen molar-refractivity contribution < 1.29 is 9.90 Å².